The lowest BCUT2D eigenvalue weighted by molar-refractivity contribution is 0.342. The van der Waals surface area contributed by atoms with E-state index in [1.165, 1.54) is 0 Å². The summed E-state index contributed by atoms with van der Waals surface area (Å²) >= 11 is 0. The molecule has 0 rings (SSSR count). The van der Waals surface area contributed by atoms with Crippen molar-refractivity contribution in [2.45, 2.75) is 39.5 Å². The summed E-state index contributed by atoms with van der Waals surface area (Å²) in [6.07, 6.45) is 12.0. The van der Waals surface area contributed by atoms with E-state index in [0.717, 1.165) is 25.7 Å². The second-order valence-corrected chi connectivity index (χ2v) is 2.89. The molecule has 0 aromatic carbocycles. The Morgan fingerprint density at radius 1 is 0.714 bits per heavy atom. The van der Waals surface area contributed by atoms with E-state index in [1.54, 1.807) is 12.2 Å². The SMILES string of the molecule is CCCC=CCO.CCCC=CCO. The van der Waals surface area contributed by atoms with Gasteiger partial charge in [0.15, 0.2) is 0 Å². The second-order valence-electron chi connectivity index (χ2n) is 2.89. The standard InChI is InChI=1S/2C6H12O/c2*1-2-3-4-5-6-7/h2*4-5,7H,2-3,6H2,1H3. The van der Waals surface area contributed by atoms with Gasteiger partial charge in [0.05, 0.1) is 13.2 Å². The molecule has 0 saturated carbocycles. The van der Waals surface area contributed by atoms with Gasteiger partial charge in [0.1, 0.15) is 0 Å². The average molecular weight is 200 g/mol. The van der Waals surface area contributed by atoms with Crippen molar-refractivity contribution in [1.29, 1.82) is 0 Å². The van der Waals surface area contributed by atoms with E-state index in [1.807, 2.05) is 12.2 Å². The first-order valence-electron chi connectivity index (χ1n) is 5.35. The summed E-state index contributed by atoms with van der Waals surface area (Å²) in [5, 5.41) is 16.4. The van der Waals surface area contributed by atoms with Gasteiger partial charge in [0, 0.05) is 0 Å². The Bertz CT molecular complexity index is 112. The van der Waals surface area contributed by atoms with Crippen molar-refractivity contribution in [3.63, 3.8) is 0 Å². The second kappa shape index (κ2) is 18.2. The van der Waals surface area contributed by atoms with Gasteiger partial charge in [0.2, 0.25) is 0 Å². The fraction of sp³-hybridized carbons (Fsp3) is 0.667. The molecule has 0 unspecified atom stereocenters. The van der Waals surface area contributed by atoms with Crippen molar-refractivity contribution >= 4 is 0 Å². The molecule has 0 aromatic heterocycles. The summed E-state index contributed by atoms with van der Waals surface area (Å²) in [4.78, 5) is 0. The molecule has 0 saturated heterocycles. The van der Waals surface area contributed by atoms with Gasteiger partial charge < -0.3 is 10.2 Å². The zero-order valence-electron chi connectivity index (χ0n) is 9.45. The van der Waals surface area contributed by atoms with Crippen LogP contribution >= 0.6 is 0 Å². The molecule has 0 fully saturated rings. The molecule has 2 heteroatoms. The van der Waals surface area contributed by atoms with E-state index in [-0.39, 0.29) is 13.2 Å². The lowest BCUT2D eigenvalue weighted by Gasteiger charge is -1.79. The van der Waals surface area contributed by atoms with Gasteiger partial charge in [0.25, 0.3) is 0 Å². The molecule has 0 spiro atoms. The Kier molecular flexibility index (Phi) is 20.7. The summed E-state index contributed by atoms with van der Waals surface area (Å²) in [7, 11) is 0. The van der Waals surface area contributed by atoms with Crippen molar-refractivity contribution in [3.05, 3.63) is 24.3 Å². The maximum absolute atomic E-state index is 8.21. The van der Waals surface area contributed by atoms with Gasteiger partial charge in [-0.1, -0.05) is 51.0 Å². The first kappa shape index (κ1) is 15.9. The van der Waals surface area contributed by atoms with Crippen molar-refractivity contribution in [2.24, 2.45) is 0 Å². The fourth-order valence-corrected chi connectivity index (χ4v) is 0.718. The quantitative estimate of drug-likeness (QED) is 0.647. The van der Waals surface area contributed by atoms with E-state index in [9.17, 15) is 0 Å². The van der Waals surface area contributed by atoms with Crippen LogP contribution in [0.25, 0.3) is 0 Å². The van der Waals surface area contributed by atoms with Crippen LogP contribution in [0.1, 0.15) is 39.5 Å². The molecule has 2 N–H and O–H groups in total. The van der Waals surface area contributed by atoms with Crippen LogP contribution in [0.5, 0.6) is 0 Å². The molecule has 0 amide bonds. The van der Waals surface area contributed by atoms with Crippen molar-refractivity contribution < 1.29 is 10.2 Å². The van der Waals surface area contributed by atoms with Gasteiger partial charge in [-0.05, 0) is 12.8 Å². The summed E-state index contributed by atoms with van der Waals surface area (Å²) < 4.78 is 0. The minimum Gasteiger partial charge on any atom is -0.392 e. The van der Waals surface area contributed by atoms with Crippen LogP contribution in [0.2, 0.25) is 0 Å². The Labute approximate surface area is 88.0 Å². The molecule has 0 heterocycles. The molecule has 14 heavy (non-hydrogen) atoms. The van der Waals surface area contributed by atoms with Crippen molar-refractivity contribution in [2.75, 3.05) is 13.2 Å². The summed E-state index contributed by atoms with van der Waals surface area (Å²) in [6.45, 7) is 4.59. The zero-order valence-corrected chi connectivity index (χ0v) is 9.45. The lowest BCUT2D eigenvalue weighted by atomic mass is 10.3. The number of rotatable bonds is 6. The first-order chi connectivity index (χ1) is 6.83. The molecule has 2 nitrogen and oxygen atoms in total. The predicted octanol–water partition coefficient (Wildman–Crippen LogP) is 2.67. The maximum Gasteiger partial charge on any atom is 0.0612 e. The molecule has 84 valence electrons. The highest BCUT2D eigenvalue weighted by molar-refractivity contribution is 4.79. The Morgan fingerprint density at radius 2 is 1.07 bits per heavy atom. The van der Waals surface area contributed by atoms with Gasteiger partial charge in [-0.25, -0.2) is 0 Å². The smallest absolute Gasteiger partial charge is 0.0612 e. The fourth-order valence-electron chi connectivity index (χ4n) is 0.718. The topological polar surface area (TPSA) is 40.5 Å². The molecule has 0 atom stereocenters. The summed E-state index contributed by atoms with van der Waals surface area (Å²) in [6, 6.07) is 0. The molecule has 0 aliphatic carbocycles. The molecule has 0 radical (unpaired) electrons. The lowest BCUT2D eigenvalue weighted by Crippen LogP contribution is -1.69. The van der Waals surface area contributed by atoms with Crippen LogP contribution in [0.3, 0.4) is 0 Å². The third kappa shape index (κ3) is 22.5. The van der Waals surface area contributed by atoms with Crippen LogP contribution in [-0.4, -0.2) is 23.4 Å². The van der Waals surface area contributed by atoms with Crippen LogP contribution in [0.4, 0.5) is 0 Å². The van der Waals surface area contributed by atoms with Gasteiger partial charge in [-0.3, -0.25) is 0 Å². The third-order valence-corrected chi connectivity index (χ3v) is 1.45. The van der Waals surface area contributed by atoms with Crippen LogP contribution in [0.15, 0.2) is 24.3 Å². The number of hydrogen-bond acceptors (Lipinski definition) is 2. The van der Waals surface area contributed by atoms with Gasteiger partial charge in [-0.15, -0.1) is 0 Å². The molecule has 0 bridgehead atoms. The molecular weight excluding hydrogens is 176 g/mol. The van der Waals surface area contributed by atoms with Gasteiger partial charge in [-0.2, -0.15) is 0 Å². The summed E-state index contributed by atoms with van der Waals surface area (Å²) in [5.74, 6) is 0. The Hall–Kier alpha value is -0.600. The van der Waals surface area contributed by atoms with E-state index in [2.05, 4.69) is 13.8 Å². The van der Waals surface area contributed by atoms with Crippen LogP contribution in [-0.2, 0) is 0 Å². The number of aliphatic hydroxyl groups is 2. The van der Waals surface area contributed by atoms with E-state index in [0.29, 0.717) is 0 Å². The number of hydrogen-bond donors (Lipinski definition) is 2. The number of aliphatic hydroxyl groups excluding tert-OH is 2. The number of allylic oxidation sites excluding steroid dienone is 2. The third-order valence-electron chi connectivity index (χ3n) is 1.45. The van der Waals surface area contributed by atoms with Gasteiger partial charge >= 0.3 is 0 Å². The minimum atomic E-state index is 0.181. The first-order valence-corrected chi connectivity index (χ1v) is 5.35. The van der Waals surface area contributed by atoms with Crippen LogP contribution in [0, 0.1) is 0 Å². The van der Waals surface area contributed by atoms with Crippen LogP contribution < -0.4 is 0 Å². The van der Waals surface area contributed by atoms with E-state index < -0.39 is 0 Å². The largest absolute Gasteiger partial charge is 0.392 e. The van der Waals surface area contributed by atoms with Crippen molar-refractivity contribution in [3.8, 4) is 0 Å². The highest BCUT2D eigenvalue weighted by atomic mass is 16.3. The maximum atomic E-state index is 8.21. The number of unbranched alkanes of at least 4 members (excludes halogenated alkanes) is 2. The van der Waals surface area contributed by atoms with E-state index in [4.69, 9.17) is 10.2 Å². The molecule has 0 aromatic rings. The molecular formula is C12H24O2. The molecule has 0 aliphatic rings. The van der Waals surface area contributed by atoms with E-state index >= 15 is 0 Å². The Morgan fingerprint density at radius 3 is 1.29 bits per heavy atom. The predicted molar refractivity (Wildman–Crippen MR) is 62.3 cm³/mol. The average Bonchev–Trinajstić information content (AvgIpc) is 2.21. The zero-order chi connectivity index (χ0) is 11.1. The van der Waals surface area contributed by atoms with Crippen molar-refractivity contribution in [1.82, 2.24) is 0 Å². The Balaban J connectivity index is 0. The molecule has 0 aliphatic heterocycles. The highest BCUT2D eigenvalue weighted by Gasteiger charge is 1.69. The minimum absolute atomic E-state index is 0.181. The monoisotopic (exact) mass is 200 g/mol. The normalized spacial score (nSPS) is 10.6. The summed E-state index contributed by atoms with van der Waals surface area (Å²) in [5.41, 5.74) is 0. The highest BCUT2D eigenvalue weighted by Crippen LogP contribution is 1.86.